The van der Waals surface area contributed by atoms with Crippen molar-refractivity contribution in [3.8, 4) is 5.75 Å². The Bertz CT molecular complexity index is 1500. The van der Waals surface area contributed by atoms with Gasteiger partial charge in [-0.05, 0) is 58.5 Å². The number of nitrogens with zero attached hydrogens (tertiary/aromatic N) is 3. The lowest BCUT2D eigenvalue weighted by Crippen LogP contribution is -2.23. The molecule has 3 aromatic heterocycles. The maximum absolute atomic E-state index is 12.8. The molecule has 5 rings (SSSR count). The van der Waals surface area contributed by atoms with Crippen LogP contribution in [0.2, 0.25) is 0 Å². The molecule has 30 heavy (non-hydrogen) atoms. The Kier molecular flexibility index (Phi) is 4.64. The minimum atomic E-state index is -0.112. The molecular weight excluding hydrogens is 414 g/mol. The molecule has 0 spiro atoms. The molecule has 0 bridgehead atoms. The number of aryl methyl sites for hydroxylation is 1. The second kappa shape index (κ2) is 7.34. The molecule has 0 N–H and O–H groups in total. The van der Waals surface area contributed by atoms with Crippen LogP contribution in [-0.2, 0) is 0 Å². The van der Waals surface area contributed by atoms with Crippen LogP contribution in [0.5, 0.6) is 5.75 Å². The minimum Gasteiger partial charge on any atom is -0.497 e. The first-order chi connectivity index (χ1) is 14.5. The maximum Gasteiger partial charge on any atom is 0.291 e. The van der Waals surface area contributed by atoms with E-state index in [0.29, 0.717) is 15.3 Å². The van der Waals surface area contributed by atoms with E-state index in [1.807, 2.05) is 36.6 Å². The number of ether oxygens (including phenoxy) is 1. The third-order valence-electron chi connectivity index (χ3n) is 5.32. The van der Waals surface area contributed by atoms with Crippen LogP contribution in [0.1, 0.15) is 34.7 Å². The normalized spacial score (nSPS) is 13.4. The molecule has 0 aliphatic carbocycles. The standard InChI is InChI=1S/C23H19N3O2S2/c1-13-8-9-29-19(13)12-20-22(27)26-23(30-20)24-21(25-26)14(2)15-4-5-17-11-18(28-3)7-6-16(17)10-15/h4-12,14H,1-3H3/b20-12-. The first kappa shape index (κ1) is 19.0. The van der Waals surface area contributed by atoms with Gasteiger partial charge < -0.3 is 4.74 Å². The number of aromatic nitrogens is 3. The van der Waals surface area contributed by atoms with Gasteiger partial charge in [-0.3, -0.25) is 4.79 Å². The van der Waals surface area contributed by atoms with E-state index in [4.69, 9.17) is 4.74 Å². The smallest absolute Gasteiger partial charge is 0.291 e. The van der Waals surface area contributed by atoms with Gasteiger partial charge in [-0.1, -0.05) is 42.5 Å². The van der Waals surface area contributed by atoms with Crippen molar-refractivity contribution in [1.82, 2.24) is 14.6 Å². The lowest BCUT2D eigenvalue weighted by atomic mass is 9.97. The molecule has 7 heteroatoms. The van der Waals surface area contributed by atoms with Crippen molar-refractivity contribution in [2.75, 3.05) is 7.11 Å². The van der Waals surface area contributed by atoms with E-state index in [-0.39, 0.29) is 11.5 Å². The SMILES string of the molecule is COc1ccc2cc(C(C)c3nc4s/c(=C\c5sccc5C)c(=O)n4n3)ccc2c1. The van der Waals surface area contributed by atoms with Gasteiger partial charge >= 0.3 is 0 Å². The maximum atomic E-state index is 12.8. The van der Waals surface area contributed by atoms with Gasteiger partial charge in [-0.15, -0.1) is 16.4 Å². The van der Waals surface area contributed by atoms with Gasteiger partial charge in [0, 0.05) is 10.8 Å². The Hall–Kier alpha value is -3.03. The van der Waals surface area contributed by atoms with Crippen molar-refractivity contribution >= 4 is 44.5 Å². The summed E-state index contributed by atoms with van der Waals surface area (Å²) in [5, 5.41) is 8.82. The molecule has 0 radical (unpaired) electrons. The van der Waals surface area contributed by atoms with Crippen molar-refractivity contribution in [1.29, 1.82) is 0 Å². The van der Waals surface area contributed by atoms with Crippen LogP contribution in [0.15, 0.2) is 52.6 Å². The number of thiazole rings is 1. The largest absolute Gasteiger partial charge is 0.497 e. The van der Waals surface area contributed by atoms with Gasteiger partial charge in [0.15, 0.2) is 5.82 Å². The number of benzene rings is 2. The van der Waals surface area contributed by atoms with E-state index in [9.17, 15) is 4.79 Å². The number of hydrogen-bond acceptors (Lipinski definition) is 6. The van der Waals surface area contributed by atoms with Crippen LogP contribution in [0.4, 0.5) is 0 Å². The van der Waals surface area contributed by atoms with Gasteiger partial charge in [0.2, 0.25) is 4.96 Å². The molecule has 0 amide bonds. The van der Waals surface area contributed by atoms with Crippen LogP contribution in [-0.4, -0.2) is 21.7 Å². The van der Waals surface area contributed by atoms with Gasteiger partial charge in [0.25, 0.3) is 5.56 Å². The summed E-state index contributed by atoms with van der Waals surface area (Å²) in [6.45, 7) is 4.11. The van der Waals surface area contributed by atoms with Crippen molar-refractivity contribution in [3.63, 3.8) is 0 Å². The fourth-order valence-corrected chi connectivity index (χ4v) is 5.30. The molecule has 0 aliphatic rings. The average molecular weight is 434 g/mol. The van der Waals surface area contributed by atoms with E-state index in [1.165, 1.54) is 21.4 Å². The van der Waals surface area contributed by atoms with E-state index in [2.05, 4.69) is 41.3 Å². The second-order valence-corrected chi connectivity index (χ2v) is 9.20. The molecule has 0 saturated carbocycles. The Morgan fingerprint density at radius 3 is 2.67 bits per heavy atom. The van der Waals surface area contributed by atoms with Gasteiger partial charge in [-0.25, -0.2) is 4.98 Å². The van der Waals surface area contributed by atoms with E-state index >= 15 is 0 Å². The number of fused-ring (bicyclic) bond motifs is 2. The van der Waals surface area contributed by atoms with Crippen molar-refractivity contribution in [3.05, 3.63) is 84.6 Å². The highest BCUT2D eigenvalue weighted by molar-refractivity contribution is 7.15. The molecule has 150 valence electrons. The number of hydrogen-bond donors (Lipinski definition) is 0. The predicted molar refractivity (Wildman–Crippen MR) is 123 cm³/mol. The summed E-state index contributed by atoms with van der Waals surface area (Å²) in [4.78, 5) is 19.2. The van der Waals surface area contributed by atoms with Crippen molar-refractivity contribution in [2.45, 2.75) is 19.8 Å². The summed E-state index contributed by atoms with van der Waals surface area (Å²) >= 11 is 3.01. The molecule has 1 unspecified atom stereocenters. The molecular formula is C23H19N3O2S2. The third kappa shape index (κ3) is 3.20. The first-order valence-electron chi connectivity index (χ1n) is 9.56. The fraction of sp³-hybridized carbons (Fsp3) is 0.174. The monoisotopic (exact) mass is 433 g/mol. The summed E-state index contributed by atoms with van der Waals surface area (Å²) in [6.07, 6.45) is 1.93. The Balaban J connectivity index is 1.52. The molecule has 0 aliphatic heterocycles. The fourth-order valence-electron chi connectivity index (χ4n) is 3.47. The molecule has 5 nitrogen and oxygen atoms in total. The highest BCUT2D eigenvalue weighted by Gasteiger charge is 2.18. The third-order valence-corrected chi connectivity index (χ3v) is 7.25. The van der Waals surface area contributed by atoms with E-state index in [1.54, 1.807) is 18.4 Å². The molecule has 5 aromatic rings. The summed E-state index contributed by atoms with van der Waals surface area (Å²) < 4.78 is 7.39. The van der Waals surface area contributed by atoms with Gasteiger partial charge in [-0.2, -0.15) is 4.52 Å². The molecule has 2 aromatic carbocycles. The van der Waals surface area contributed by atoms with Crippen molar-refractivity contribution in [2.24, 2.45) is 0 Å². The van der Waals surface area contributed by atoms with Crippen LogP contribution in [0.3, 0.4) is 0 Å². The zero-order valence-corrected chi connectivity index (χ0v) is 18.4. The zero-order chi connectivity index (χ0) is 20.8. The lowest BCUT2D eigenvalue weighted by Gasteiger charge is -2.10. The highest BCUT2D eigenvalue weighted by Crippen LogP contribution is 2.28. The quantitative estimate of drug-likeness (QED) is 0.422. The van der Waals surface area contributed by atoms with Gasteiger partial charge in [0.05, 0.1) is 11.6 Å². The lowest BCUT2D eigenvalue weighted by molar-refractivity contribution is 0.415. The summed E-state index contributed by atoms with van der Waals surface area (Å²) in [6, 6.07) is 14.4. The Labute approximate surface area is 180 Å². The van der Waals surface area contributed by atoms with Crippen LogP contribution >= 0.6 is 22.7 Å². The van der Waals surface area contributed by atoms with Gasteiger partial charge in [0.1, 0.15) is 5.75 Å². The molecule has 3 heterocycles. The predicted octanol–water partition coefficient (Wildman–Crippen LogP) is 4.38. The Morgan fingerprint density at radius 2 is 1.93 bits per heavy atom. The minimum absolute atomic E-state index is 0.0185. The molecule has 1 atom stereocenters. The zero-order valence-electron chi connectivity index (χ0n) is 16.7. The van der Waals surface area contributed by atoms with Crippen LogP contribution < -0.4 is 14.8 Å². The number of thiophene rings is 1. The topological polar surface area (TPSA) is 56.5 Å². The summed E-state index contributed by atoms with van der Waals surface area (Å²) in [5.41, 5.74) is 2.17. The van der Waals surface area contributed by atoms with E-state index in [0.717, 1.165) is 27.0 Å². The van der Waals surface area contributed by atoms with Crippen LogP contribution in [0, 0.1) is 6.92 Å². The molecule has 0 fully saturated rings. The number of rotatable bonds is 4. The Morgan fingerprint density at radius 1 is 1.13 bits per heavy atom. The van der Waals surface area contributed by atoms with Crippen LogP contribution in [0.25, 0.3) is 21.8 Å². The highest BCUT2D eigenvalue weighted by atomic mass is 32.1. The summed E-state index contributed by atoms with van der Waals surface area (Å²) in [7, 11) is 1.67. The summed E-state index contributed by atoms with van der Waals surface area (Å²) in [5.74, 6) is 1.48. The van der Waals surface area contributed by atoms with Crippen molar-refractivity contribution < 1.29 is 4.74 Å². The number of methoxy groups -OCH3 is 1. The molecule has 0 saturated heterocycles. The first-order valence-corrected chi connectivity index (χ1v) is 11.3. The van der Waals surface area contributed by atoms with E-state index < -0.39 is 0 Å². The average Bonchev–Trinajstić information content (AvgIpc) is 3.44. The second-order valence-electron chi connectivity index (χ2n) is 7.24.